The molecule has 4 rings (SSSR count). The van der Waals surface area contributed by atoms with Crippen LogP contribution in [0.1, 0.15) is 17.4 Å². The summed E-state index contributed by atoms with van der Waals surface area (Å²) in [5.74, 6) is 1.33. The standard InChI is InChI=1S/C22H20FN3S2/c1-3-26-21(19-14-27-15(2)20(19)17-9-5-4-6-10-17)24-25-22(26)28-13-16-8-7-11-18(23)12-16/h4-12,14H,3,13H2,1-2H3. The van der Waals surface area contributed by atoms with Gasteiger partial charge in [0.05, 0.1) is 0 Å². The Labute approximate surface area is 172 Å². The minimum absolute atomic E-state index is 0.211. The molecular formula is C22H20FN3S2. The molecule has 0 amide bonds. The number of thiophene rings is 1. The molecule has 0 aliphatic heterocycles. The number of aryl methyl sites for hydroxylation is 1. The Morgan fingerprint density at radius 1 is 1.07 bits per heavy atom. The summed E-state index contributed by atoms with van der Waals surface area (Å²) in [6.45, 7) is 5.01. The number of hydrogen-bond donors (Lipinski definition) is 0. The lowest BCUT2D eigenvalue weighted by atomic mass is 10.0. The van der Waals surface area contributed by atoms with Gasteiger partial charge in [-0.15, -0.1) is 21.5 Å². The van der Waals surface area contributed by atoms with Gasteiger partial charge in [0.2, 0.25) is 0 Å². The maximum absolute atomic E-state index is 13.4. The highest BCUT2D eigenvalue weighted by Gasteiger charge is 2.19. The van der Waals surface area contributed by atoms with Gasteiger partial charge in [0, 0.05) is 33.7 Å². The van der Waals surface area contributed by atoms with Gasteiger partial charge in [-0.3, -0.25) is 0 Å². The van der Waals surface area contributed by atoms with E-state index >= 15 is 0 Å². The molecule has 0 spiro atoms. The predicted octanol–water partition coefficient (Wildman–Crippen LogP) is 6.43. The van der Waals surface area contributed by atoms with E-state index in [-0.39, 0.29) is 5.82 Å². The summed E-state index contributed by atoms with van der Waals surface area (Å²) in [6, 6.07) is 17.1. The molecule has 0 aliphatic carbocycles. The predicted molar refractivity (Wildman–Crippen MR) is 115 cm³/mol. The van der Waals surface area contributed by atoms with Crippen LogP contribution in [0.15, 0.2) is 65.1 Å². The van der Waals surface area contributed by atoms with E-state index in [4.69, 9.17) is 0 Å². The molecule has 6 heteroatoms. The van der Waals surface area contributed by atoms with Crippen molar-refractivity contribution < 1.29 is 4.39 Å². The first-order valence-electron chi connectivity index (χ1n) is 9.11. The van der Waals surface area contributed by atoms with Crippen molar-refractivity contribution >= 4 is 23.1 Å². The Morgan fingerprint density at radius 2 is 1.89 bits per heavy atom. The van der Waals surface area contributed by atoms with E-state index in [1.165, 1.54) is 22.1 Å². The average Bonchev–Trinajstić information content (AvgIpc) is 3.29. The molecular weight excluding hydrogens is 389 g/mol. The molecule has 0 saturated heterocycles. The van der Waals surface area contributed by atoms with Crippen molar-refractivity contribution in [2.24, 2.45) is 0 Å². The Bertz CT molecular complexity index is 1090. The van der Waals surface area contributed by atoms with Crippen LogP contribution in [-0.4, -0.2) is 14.8 Å². The van der Waals surface area contributed by atoms with Crippen LogP contribution in [0.2, 0.25) is 0 Å². The van der Waals surface area contributed by atoms with Crippen LogP contribution >= 0.6 is 23.1 Å². The van der Waals surface area contributed by atoms with Crippen molar-refractivity contribution in [2.45, 2.75) is 31.3 Å². The lowest BCUT2D eigenvalue weighted by Gasteiger charge is -2.09. The van der Waals surface area contributed by atoms with Gasteiger partial charge < -0.3 is 4.57 Å². The topological polar surface area (TPSA) is 30.7 Å². The van der Waals surface area contributed by atoms with Gasteiger partial charge in [0.1, 0.15) is 5.82 Å². The lowest BCUT2D eigenvalue weighted by molar-refractivity contribution is 0.626. The first-order chi connectivity index (χ1) is 13.7. The molecule has 0 atom stereocenters. The maximum Gasteiger partial charge on any atom is 0.191 e. The average molecular weight is 410 g/mol. The highest BCUT2D eigenvalue weighted by Crippen LogP contribution is 2.39. The zero-order valence-electron chi connectivity index (χ0n) is 15.7. The summed E-state index contributed by atoms with van der Waals surface area (Å²) in [5, 5.41) is 12.0. The van der Waals surface area contributed by atoms with E-state index in [0.29, 0.717) is 5.75 Å². The number of nitrogens with zero attached hydrogens (tertiary/aromatic N) is 3. The van der Waals surface area contributed by atoms with E-state index in [1.807, 2.05) is 12.1 Å². The van der Waals surface area contributed by atoms with Crippen LogP contribution in [0.3, 0.4) is 0 Å². The van der Waals surface area contributed by atoms with Crippen molar-refractivity contribution in [1.29, 1.82) is 0 Å². The van der Waals surface area contributed by atoms with Crippen molar-refractivity contribution in [1.82, 2.24) is 14.8 Å². The summed E-state index contributed by atoms with van der Waals surface area (Å²) >= 11 is 3.31. The fourth-order valence-electron chi connectivity index (χ4n) is 3.24. The summed E-state index contributed by atoms with van der Waals surface area (Å²) in [6.07, 6.45) is 0. The van der Waals surface area contributed by atoms with Gasteiger partial charge in [-0.1, -0.05) is 54.2 Å². The van der Waals surface area contributed by atoms with Crippen LogP contribution in [0.5, 0.6) is 0 Å². The Morgan fingerprint density at radius 3 is 2.64 bits per heavy atom. The van der Waals surface area contributed by atoms with Gasteiger partial charge in [-0.25, -0.2) is 4.39 Å². The van der Waals surface area contributed by atoms with Crippen LogP contribution in [0, 0.1) is 12.7 Å². The zero-order valence-corrected chi connectivity index (χ0v) is 17.4. The lowest BCUT2D eigenvalue weighted by Crippen LogP contribution is -2.00. The first kappa shape index (κ1) is 18.9. The molecule has 2 heterocycles. The van der Waals surface area contributed by atoms with E-state index in [1.54, 1.807) is 35.2 Å². The van der Waals surface area contributed by atoms with Gasteiger partial charge in [0.15, 0.2) is 11.0 Å². The molecule has 0 radical (unpaired) electrons. The molecule has 0 aliphatic rings. The van der Waals surface area contributed by atoms with Gasteiger partial charge >= 0.3 is 0 Å². The molecule has 0 unspecified atom stereocenters. The fourth-order valence-corrected chi connectivity index (χ4v) is 5.05. The number of halogens is 1. The van der Waals surface area contributed by atoms with Crippen LogP contribution in [0.4, 0.5) is 4.39 Å². The highest BCUT2D eigenvalue weighted by atomic mass is 32.2. The molecule has 28 heavy (non-hydrogen) atoms. The Balaban J connectivity index is 1.67. The largest absolute Gasteiger partial charge is 0.302 e. The molecule has 3 nitrogen and oxygen atoms in total. The maximum atomic E-state index is 13.4. The number of hydrogen-bond acceptors (Lipinski definition) is 4. The van der Waals surface area contributed by atoms with Crippen molar-refractivity contribution in [3.8, 4) is 22.5 Å². The SMILES string of the molecule is CCn1c(SCc2cccc(F)c2)nnc1-c1csc(C)c1-c1ccccc1. The summed E-state index contributed by atoms with van der Waals surface area (Å²) in [4.78, 5) is 1.26. The Hall–Kier alpha value is -2.44. The first-order valence-corrected chi connectivity index (χ1v) is 11.0. The van der Waals surface area contributed by atoms with Crippen LogP contribution in [-0.2, 0) is 12.3 Å². The molecule has 0 fully saturated rings. The highest BCUT2D eigenvalue weighted by molar-refractivity contribution is 7.98. The molecule has 4 aromatic rings. The number of aromatic nitrogens is 3. The minimum atomic E-state index is -0.211. The van der Waals surface area contributed by atoms with E-state index in [0.717, 1.165) is 28.7 Å². The van der Waals surface area contributed by atoms with Gasteiger partial charge in [-0.05, 0) is 37.1 Å². The molecule has 0 N–H and O–H groups in total. The van der Waals surface area contributed by atoms with Crippen LogP contribution in [0.25, 0.3) is 22.5 Å². The molecule has 0 bridgehead atoms. The Kier molecular flexibility index (Phi) is 5.59. The number of benzene rings is 2. The van der Waals surface area contributed by atoms with E-state index in [9.17, 15) is 4.39 Å². The molecule has 142 valence electrons. The molecule has 2 aromatic carbocycles. The smallest absolute Gasteiger partial charge is 0.191 e. The molecule has 2 aromatic heterocycles. The molecule has 0 saturated carbocycles. The second-order valence-corrected chi connectivity index (χ2v) is 8.44. The number of rotatable bonds is 6. The summed E-state index contributed by atoms with van der Waals surface area (Å²) in [5.41, 5.74) is 4.46. The van der Waals surface area contributed by atoms with Crippen molar-refractivity contribution in [2.75, 3.05) is 0 Å². The van der Waals surface area contributed by atoms with Crippen LogP contribution < -0.4 is 0 Å². The van der Waals surface area contributed by atoms with Crippen molar-refractivity contribution in [3.63, 3.8) is 0 Å². The third-order valence-electron chi connectivity index (χ3n) is 4.57. The van der Waals surface area contributed by atoms with Gasteiger partial charge in [-0.2, -0.15) is 0 Å². The summed E-state index contributed by atoms with van der Waals surface area (Å²) < 4.78 is 15.6. The second-order valence-electron chi connectivity index (χ2n) is 6.42. The second kappa shape index (κ2) is 8.29. The fraction of sp³-hybridized carbons (Fsp3) is 0.182. The monoisotopic (exact) mass is 409 g/mol. The third kappa shape index (κ3) is 3.75. The quantitative estimate of drug-likeness (QED) is 0.344. The van der Waals surface area contributed by atoms with E-state index in [2.05, 4.69) is 58.3 Å². The van der Waals surface area contributed by atoms with E-state index < -0.39 is 0 Å². The third-order valence-corrected chi connectivity index (χ3v) is 6.52. The summed E-state index contributed by atoms with van der Waals surface area (Å²) in [7, 11) is 0. The minimum Gasteiger partial charge on any atom is -0.302 e. The zero-order chi connectivity index (χ0) is 19.5. The number of thioether (sulfide) groups is 1. The van der Waals surface area contributed by atoms with Gasteiger partial charge in [0.25, 0.3) is 0 Å². The normalized spacial score (nSPS) is 11.1. The van der Waals surface area contributed by atoms with Crippen molar-refractivity contribution in [3.05, 3.63) is 76.2 Å².